The summed E-state index contributed by atoms with van der Waals surface area (Å²) in [4.78, 5) is 24.7. The van der Waals surface area contributed by atoms with Crippen molar-refractivity contribution in [2.24, 2.45) is 0 Å². The molecule has 2 atom stereocenters. The van der Waals surface area contributed by atoms with Gasteiger partial charge in [-0.05, 0) is 42.8 Å². The van der Waals surface area contributed by atoms with Crippen molar-refractivity contribution in [3.63, 3.8) is 0 Å². The highest BCUT2D eigenvalue weighted by Gasteiger charge is 2.34. The van der Waals surface area contributed by atoms with Crippen LogP contribution in [0.4, 0.5) is 34.8 Å². The van der Waals surface area contributed by atoms with Crippen molar-refractivity contribution in [2.75, 3.05) is 47.3 Å². The van der Waals surface area contributed by atoms with E-state index in [4.69, 9.17) is 0 Å². The molecule has 1 N–H and O–H groups in total. The van der Waals surface area contributed by atoms with Crippen LogP contribution in [0.25, 0.3) is 0 Å². The number of hydrogen-bond donors (Lipinski definition) is 1. The van der Waals surface area contributed by atoms with Crippen molar-refractivity contribution < 1.29 is 31.1 Å². The van der Waals surface area contributed by atoms with E-state index in [2.05, 4.69) is 20.2 Å². The third-order valence-corrected chi connectivity index (χ3v) is 7.38. The van der Waals surface area contributed by atoms with Gasteiger partial charge in [0.2, 0.25) is 5.91 Å². The minimum absolute atomic E-state index is 0.0906. The molecular weight excluding hydrogens is 552 g/mol. The summed E-state index contributed by atoms with van der Waals surface area (Å²) >= 11 is -2.67. The summed E-state index contributed by atoms with van der Waals surface area (Å²) in [5.41, 5.74) is 0.482. The van der Waals surface area contributed by atoms with Crippen LogP contribution in [0.5, 0.6) is 0 Å². The van der Waals surface area contributed by atoms with Crippen LogP contribution in [0.2, 0.25) is 0 Å². The van der Waals surface area contributed by atoms with Gasteiger partial charge in [0, 0.05) is 74.7 Å². The molecule has 1 aliphatic rings. The second-order valence-electron chi connectivity index (χ2n) is 9.22. The predicted molar refractivity (Wildman–Crippen MR) is 142 cm³/mol. The van der Waals surface area contributed by atoms with Crippen LogP contribution in [0.3, 0.4) is 0 Å². The minimum Gasteiger partial charge on any atom is -0.755 e. The quantitative estimate of drug-likeness (QED) is 0.321. The summed E-state index contributed by atoms with van der Waals surface area (Å²) in [6.07, 6.45) is -1.28. The standard InChI is InChI=1S/C26H28F4N6O3S/c1-17(18-3-5-22(21(27)15-18)34(2)40(38)39)25(37)32-16-19-4-6-23(26(28,29)30)33-24(19)36-13-11-35(12-14-36)20-7-9-31-10-8-20/h3-10,15,17H,11-14,16H2,1-2H3,(H,32,37)(H,38,39)/p-1. The largest absolute Gasteiger partial charge is 0.755 e. The number of hydrogen-bond acceptors (Lipinski definition) is 7. The number of rotatable bonds is 8. The number of carbonyl (C=O) groups is 1. The van der Waals surface area contributed by atoms with Crippen LogP contribution in [0.15, 0.2) is 54.9 Å². The average molecular weight is 580 g/mol. The Morgan fingerprint density at radius 2 is 1.75 bits per heavy atom. The van der Waals surface area contributed by atoms with Gasteiger partial charge in [-0.3, -0.25) is 14.0 Å². The van der Waals surface area contributed by atoms with E-state index in [0.717, 1.165) is 22.1 Å². The summed E-state index contributed by atoms with van der Waals surface area (Å²) in [6.45, 7) is 3.41. The third kappa shape index (κ3) is 6.67. The van der Waals surface area contributed by atoms with Gasteiger partial charge >= 0.3 is 6.18 Å². The Labute approximate surface area is 231 Å². The van der Waals surface area contributed by atoms with Crippen molar-refractivity contribution in [1.29, 1.82) is 0 Å². The zero-order chi connectivity index (χ0) is 29.0. The summed E-state index contributed by atoms with van der Waals surface area (Å²) in [7, 11) is 1.19. The Balaban J connectivity index is 1.48. The van der Waals surface area contributed by atoms with E-state index < -0.39 is 40.8 Å². The lowest BCUT2D eigenvalue weighted by molar-refractivity contribution is -0.141. The number of aromatic nitrogens is 2. The van der Waals surface area contributed by atoms with E-state index in [0.29, 0.717) is 37.3 Å². The Bertz CT molecular complexity index is 1370. The first-order valence-corrected chi connectivity index (χ1v) is 13.4. The fourth-order valence-electron chi connectivity index (χ4n) is 4.39. The van der Waals surface area contributed by atoms with Gasteiger partial charge in [-0.2, -0.15) is 13.2 Å². The van der Waals surface area contributed by atoms with Gasteiger partial charge in [-0.25, -0.2) is 9.37 Å². The maximum atomic E-state index is 14.5. The maximum absolute atomic E-state index is 14.5. The number of anilines is 3. The minimum atomic E-state index is -4.63. The molecule has 3 heterocycles. The molecule has 40 heavy (non-hydrogen) atoms. The molecule has 14 heteroatoms. The molecule has 1 aromatic carbocycles. The van der Waals surface area contributed by atoms with Crippen molar-refractivity contribution in [3.05, 3.63) is 77.5 Å². The van der Waals surface area contributed by atoms with Gasteiger partial charge < -0.3 is 24.0 Å². The lowest BCUT2D eigenvalue weighted by Gasteiger charge is -2.37. The van der Waals surface area contributed by atoms with Crippen LogP contribution in [0, 0.1) is 5.82 Å². The molecule has 2 unspecified atom stereocenters. The number of nitrogens with one attached hydrogen (secondary N) is 1. The number of alkyl halides is 3. The van der Waals surface area contributed by atoms with Gasteiger partial charge in [-0.1, -0.05) is 12.1 Å². The molecule has 9 nitrogen and oxygen atoms in total. The Kier molecular flexibility index (Phi) is 8.88. The SMILES string of the molecule is CC(C(=O)NCc1ccc(C(F)(F)F)nc1N1CCN(c2ccncc2)CC1)c1ccc(N(C)S(=O)[O-])c(F)c1. The third-order valence-electron chi connectivity index (χ3n) is 6.73. The smallest absolute Gasteiger partial charge is 0.433 e. The average Bonchev–Trinajstić information content (AvgIpc) is 2.95. The molecule has 1 aliphatic heterocycles. The van der Waals surface area contributed by atoms with Crippen molar-refractivity contribution in [2.45, 2.75) is 25.6 Å². The molecule has 0 saturated carbocycles. The normalized spacial score (nSPS) is 15.5. The predicted octanol–water partition coefficient (Wildman–Crippen LogP) is 3.61. The molecule has 0 spiro atoms. The van der Waals surface area contributed by atoms with E-state index in [-0.39, 0.29) is 18.1 Å². The van der Waals surface area contributed by atoms with Gasteiger partial charge in [0.25, 0.3) is 0 Å². The lowest BCUT2D eigenvalue weighted by atomic mass is 9.99. The van der Waals surface area contributed by atoms with E-state index >= 15 is 0 Å². The van der Waals surface area contributed by atoms with Crippen LogP contribution >= 0.6 is 0 Å². The number of carbonyl (C=O) groups excluding carboxylic acids is 1. The Morgan fingerprint density at radius 3 is 2.35 bits per heavy atom. The van der Waals surface area contributed by atoms with Gasteiger partial charge in [0.1, 0.15) is 17.3 Å². The van der Waals surface area contributed by atoms with Crippen molar-refractivity contribution in [1.82, 2.24) is 15.3 Å². The van der Waals surface area contributed by atoms with Crippen LogP contribution in [0.1, 0.15) is 29.7 Å². The fourth-order valence-corrected chi connectivity index (χ4v) is 4.70. The molecular formula is C26H27F4N6O3S-. The van der Waals surface area contributed by atoms with Gasteiger partial charge in [-0.15, -0.1) is 0 Å². The molecule has 0 radical (unpaired) electrons. The second-order valence-corrected chi connectivity index (χ2v) is 10.2. The number of pyridine rings is 2. The molecule has 0 aliphatic carbocycles. The number of piperazine rings is 1. The van der Waals surface area contributed by atoms with Crippen molar-refractivity contribution in [3.8, 4) is 0 Å². The van der Waals surface area contributed by atoms with Gasteiger partial charge in [0.15, 0.2) is 0 Å². The molecule has 2 aromatic heterocycles. The monoisotopic (exact) mass is 579 g/mol. The Morgan fingerprint density at radius 1 is 1.10 bits per heavy atom. The van der Waals surface area contributed by atoms with Crippen molar-refractivity contribution >= 4 is 34.4 Å². The van der Waals surface area contributed by atoms with Gasteiger partial charge in [0.05, 0.1) is 11.6 Å². The second kappa shape index (κ2) is 12.2. The molecule has 1 fully saturated rings. The fraction of sp³-hybridized carbons (Fsp3) is 0.346. The zero-order valence-corrected chi connectivity index (χ0v) is 22.5. The highest BCUT2D eigenvalue weighted by molar-refractivity contribution is 7.80. The number of nitrogens with zero attached hydrogens (tertiary/aromatic N) is 5. The Hall–Kier alpha value is -3.78. The zero-order valence-electron chi connectivity index (χ0n) is 21.7. The number of amides is 1. The number of benzene rings is 1. The molecule has 214 valence electrons. The molecule has 1 amide bonds. The summed E-state index contributed by atoms with van der Waals surface area (Å²) < 4.78 is 77.9. The highest BCUT2D eigenvalue weighted by Crippen LogP contribution is 2.32. The van der Waals surface area contributed by atoms with Crippen LogP contribution in [-0.4, -0.2) is 57.9 Å². The first-order valence-electron chi connectivity index (χ1n) is 12.3. The molecule has 0 bridgehead atoms. The summed E-state index contributed by atoms with van der Waals surface area (Å²) in [5.74, 6) is -1.98. The first-order chi connectivity index (χ1) is 19.0. The molecule has 3 aromatic rings. The van der Waals surface area contributed by atoms with E-state index in [9.17, 15) is 31.1 Å². The summed E-state index contributed by atoms with van der Waals surface area (Å²) in [5, 5.41) is 2.71. The van der Waals surface area contributed by atoms with Crippen LogP contribution in [-0.2, 0) is 28.8 Å². The van der Waals surface area contributed by atoms with E-state index in [1.54, 1.807) is 24.2 Å². The first kappa shape index (κ1) is 29.2. The topological polar surface area (TPSA) is 105 Å². The number of halogens is 4. The van der Waals surface area contributed by atoms with E-state index in [1.165, 1.54) is 25.2 Å². The maximum Gasteiger partial charge on any atom is 0.433 e. The molecule has 4 rings (SSSR count). The van der Waals surface area contributed by atoms with Crippen LogP contribution < -0.4 is 19.4 Å². The lowest BCUT2D eigenvalue weighted by Crippen LogP contribution is -2.47. The highest BCUT2D eigenvalue weighted by atomic mass is 32.2. The van der Waals surface area contributed by atoms with E-state index in [1.807, 2.05) is 12.1 Å². The molecule has 1 saturated heterocycles. The summed E-state index contributed by atoms with van der Waals surface area (Å²) in [6, 6.07) is 9.69.